The van der Waals surface area contributed by atoms with Crippen LogP contribution in [0.1, 0.15) is 5.69 Å². The second-order valence-electron chi connectivity index (χ2n) is 3.18. The summed E-state index contributed by atoms with van der Waals surface area (Å²) < 4.78 is 4.50. The molecule has 0 unspecified atom stereocenters. The lowest BCUT2D eigenvalue weighted by molar-refractivity contribution is 0.281. The monoisotopic (exact) mass is 200 g/mol. The molecule has 1 heterocycles. The van der Waals surface area contributed by atoms with E-state index in [2.05, 4.69) is 9.72 Å². The zero-order valence-electron chi connectivity index (χ0n) is 8.14. The highest BCUT2D eigenvalue weighted by molar-refractivity contribution is 5.78. The molecule has 15 heavy (non-hydrogen) atoms. The quantitative estimate of drug-likeness (QED) is 0.707. The standard InChI is InChI=1S/C12H10NO2/c14-9-15-8-7-11-6-5-10-3-1-2-4-12(10)13-11/h1-6H,7-8H2. The highest BCUT2D eigenvalue weighted by atomic mass is 16.5. The van der Waals surface area contributed by atoms with Crippen molar-refractivity contribution in [3.63, 3.8) is 0 Å². The fraction of sp³-hybridized carbons (Fsp3) is 0.167. The third-order valence-corrected chi connectivity index (χ3v) is 2.18. The van der Waals surface area contributed by atoms with Gasteiger partial charge in [0.2, 0.25) is 0 Å². The average Bonchev–Trinajstić information content (AvgIpc) is 2.29. The molecule has 0 N–H and O–H groups in total. The van der Waals surface area contributed by atoms with Crippen LogP contribution in [0.2, 0.25) is 0 Å². The van der Waals surface area contributed by atoms with Crippen LogP contribution in [0.3, 0.4) is 0 Å². The van der Waals surface area contributed by atoms with Gasteiger partial charge in [0.25, 0.3) is 0 Å². The molecule has 3 nitrogen and oxygen atoms in total. The van der Waals surface area contributed by atoms with Crippen LogP contribution in [0.5, 0.6) is 0 Å². The van der Waals surface area contributed by atoms with Gasteiger partial charge in [-0.25, -0.2) is 4.79 Å². The second kappa shape index (κ2) is 4.55. The second-order valence-corrected chi connectivity index (χ2v) is 3.18. The van der Waals surface area contributed by atoms with E-state index in [0.717, 1.165) is 16.6 Å². The molecule has 0 fully saturated rings. The van der Waals surface area contributed by atoms with E-state index in [-0.39, 0.29) is 0 Å². The summed E-state index contributed by atoms with van der Waals surface area (Å²) in [5, 5.41) is 1.11. The van der Waals surface area contributed by atoms with Crippen molar-refractivity contribution >= 4 is 17.4 Å². The normalized spacial score (nSPS) is 10.1. The van der Waals surface area contributed by atoms with Gasteiger partial charge >= 0.3 is 6.47 Å². The molecule has 75 valence electrons. The SMILES string of the molecule is O=[C]OCCc1ccc2ccccc2n1. The topological polar surface area (TPSA) is 39.2 Å². The summed E-state index contributed by atoms with van der Waals surface area (Å²) in [6, 6.07) is 11.9. The van der Waals surface area contributed by atoms with Crippen LogP contribution in [0.15, 0.2) is 36.4 Å². The van der Waals surface area contributed by atoms with Crippen LogP contribution < -0.4 is 0 Å². The van der Waals surface area contributed by atoms with Gasteiger partial charge in [-0.1, -0.05) is 24.3 Å². The molecule has 3 heteroatoms. The Labute approximate surface area is 87.7 Å². The van der Waals surface area contributed by atoms with Crippen molar-refractivity contribution in [1.82, 2.24) is 4.98 Å². The molecule has 0 saturated heterocycles. The molecule has 0 aliphatic heterocycles. The number of nitrogens with zero attached hydrogens (tertiary/aromatic N) is 1. The summed E-state index contributed by atoms with van der Waals surface area (Å²) in [5.74, 6) is 0. The van der Waals surface area contributed by atoms with Crippen LogP contribution in [-0.2, 0) is 16.0 Å². The lowest BCUT2D eigenvalue weighted by Crippen LogP contribution is -1.98. The van der Waals surface area contributed by atoms with Gasteiger partial charge in [-0.2, -0.15) is 0 Å². The van der Waals surface area contributed by atoms with Gasteiger partial charge in [0.15, 0.2) is 0 Å². The van der Waals surface area contributed by atoms with Gasteiger partial charge in [0.1, 0.15) is 0 Å². The number of pyridine rings is 1. The number of para-hydroxylation sites is 1. The predicted octanol–water partition coefficient (Wildman–Crippen LogP) is 1.86. The Hall–Kier alpha value is -1.90. The zero-order valence-corrected chi connectivity index (χ0v) is 8.14. The Bertz CT molecular complexity index is 468. The minimum atomic E-state index is 0.328. The van der Waals surface area contributed by atoms with Crippen molar-refractivity contribution in [2.45, 2.75) is 6.42 Å². The van der Waals surface area contributed by atoms with E-state index in [1.165, 1.54) is 6.47 Å². The first-order chi connectivity index (χ1) is 7.40. The van der Waals surface area contributed by atoms with Gasteiger partial charge in [-0.15, -0.1) is 0 Å². The van der Waals surface area contributed by atoms with Gasteiger partial charge < -0.3 is 4.74 Å². The Balaban J connectivity index is 2.19. The Morgan fingerprint density at radius 3 is 2.93 bits per heavy atom. The van der Waals surface area contributed by atoms with Crippen molar-refractivity contribution in [2.24, 2.45) is 0 Å². The highest BCUT2D eigenvalue weighted by Gasteiger charge is 1.97. The van der Waals surface area contributed by atoms with Crippen LogP contribution in [0.25, 0.3) is 10.9 Å². The average molecular weight is 200 g/mol. The molecule has 0 aliphatic rings. The first-order valence-corrected chi connectivity index (χ1v) is 4.74. The Morgan fingerprint density at radius 2 is 2.07 bits per heavy atom. The van der Waals surface area contributed by atoms with Crippen LogP contribution in [-0.4, -0.2) is 18.1 Å². The number of fused-ring (bicyclic) bond motifs is 1. The summed E-state index contributed by atoms with van der Waals surface area (Å²) in [5.41, 5.74) is 1.88. The fourth-order valence-electron chi connectivity index (χ4n) is 1.44. The van der Waals surface area contributed by atoms with Gasteiger partial charge in [-0.05, 0) is 12.1 Å². The summed E-state index contributed by atoms with van der Waals surface area (Å²) in [7, 11) is 0. The number of hydrogen-bond donors (Lipinski definition) is 0. The molecule has 0 amide bonds. The molecule has 1 radical (unpaired) electrons. The number of rotatable bonds is 4. The van der Waals surface area contributed by atoms with E-state index >= 15 is 0 Å². The Morgan fingerprint density at radius 1 is 1.20 bits per heavy atom. The molecule has 0 atom stereocenters. The molecule has 1 aromatic heterocycles. The third kappa shape index (κ3) is 2.31. The lowest BCUT2D eigenvalue weighted by Gasteiger charge is -2.01. The minimum Gasteiger partial charge on any atom is -0.457 e. The first kappa shape index (κ1) is 9.65. The molecule has 0 spiro atoms. The summed E-state index contributed by atoms with van der Waals surface area (Å²) in [6.07, 6.45) is 0.625. The zero-order chi connectivity index (χ0) is 10.5. The first-order valence-electron chi connectivity index (χ1n) is 4.74. The van der Waals surface area contributed by atoms with Crippen molar-refractivity contribution in [3.8, 4) is 0 Å². The summed E-state index contributed by atoms with van der Waals surface area (Å²) in [4.78, 5) is 14.3. The molecular formula is C12H10NO2. The predicted molar refractivity (Wildman–Crippen MR) is 57.1 cm³/mol. The highest BCUT2D eigenvalue weighted by Crippen LogP contribution is 2.11. The molecule has 2 aromatic rings. The van der Waals surface area contributed by atoms with E-state index < -0.39 is 0 Å². The van der Waals surface area contributed by atoms with E-state index in [4.69, 9.17) is 0 Å². The molecule has 0 saturated carbocycles. The molecular weight excluding hydrogens is 190 g/mol. The van der Waals surface area contributed by atoms with E-state index in [9.17, 15) is 4.79 Å². The van der Waals surface area contributed by atoms with Crippen LogP contribution in [0, 0.1) is 0 Å². The maximum atomic E-state index is 9.84. The fourth-order valence-corrected chi connectivity index (χ4v) is 1.44. The molecule has 2 rings (SSSR count). The van der Waals surface area contributed by atoms with E-state index in [1.807, 2.05) is 36.4 Å². The van der Waals surface area contributed by atoms with Gasteiger partial charge in [-0.3, -0.25) is 4.98 Å². The number of ether oxygens (including phenoxy) is 1. The largest absolute Gasteiger partial charge is 0.457 e. The van der Waals surface area contributed by atoms with Crippen LogP contribution >= 0.6 is 0 Å². The van der Waals surface area contributed by atoms with E-state index in [0.29, 0.717) is 13.0 Å². The molecule has 0 aliphatic carbocycles. The maximum Gasteiger partial charge on any atom is 0.417 e. The smallest absolute Gasteiger partial charge is 0.417 e. The van der Waals surface area contributed by atoms with Crippen LogP contribution in [0.4, 0.5) is 0 Å². The molecule has 0 bridgehead atoms. The Kier molecular flexibility index (Phi) is 2.93. The maximum absolute atomic E-state index is 9.84. The van der Waals surface area contributed by atoms with Crippen molar-refractivity contribution in [3.05, 3.63) is 42.1 Å². The third-order valence-electron chi connectivity index (χ3n) is 2.18. The van der Waals surface area contributed by atoms with Crippen molar-refractivity contribution in [2.75, 3.05) is 6.61 Å². The number of aromatic nitrogens is 1. The number of benzene rings is 1. The minimum absolute atomic E-state index is 0.328. The van der Waals surface area contributed by atoms with Gasteiger partial charge in [0, 0.05) is 17.5 Å². The lowest BCUT2D eigenvalue weighted by atomic mass is 10.2. The van der Waals surface area contributed by atoms with Crippen molar-refractivity contribution in [1.29, 1.82) is 0 Å². The van der Waals surface area contributed by atoms with Gasteiger partial charge in [0.05, 0.1) is 12.1 Å². The molecule has 1 aromatic carbocycles. The van der Waals surface area contributed by atoms with E-state index in [1.54, 1.807) is 0 Å². The van der Waals surface area contributed by atoms with Crippen molar-refractivity contribution < 1.29 is 9.53 Å². The number of hydrogen-bond acceptors (Lipinski definition) is 3. The summed E-state index contributed by atoms with van der Waals surface area (Å²) in [6.45, 7) is 1.73. The number of carbonyl (C=O) groups excluding carboxylic acids is 1. The summed E-state index contributed by atoms with van der Waals surface area (Å²) >= 11 is 0.